The van der Waals surface area contributed by atoms with Crippen molar-refractivity contribution in [3.63, 3.8) is 0 Å². The lowest BCUT2D eigenvalue weighted by Gasteiger charge is -2.17. The van der Waals surface area contributed by atoms with Gasteiger partial charge in [-0.25, -0.2) is 4.98 Å². The van der Waals surface area contributed by atoms with E-state index in [2.05, 4.69) is 15.6 Å². The number of hydrogen-bond acceptors (Lipinski definition) is 4. The first kappa shape index (κ1) is 18.5. The van der Waals surface area contributed by atoms with Crippen molar-refractivity contribution >= 4 is 28.9 Å². The van der Waals surface area contributed by atoms with Gasteiger partial charge in [-0.2, -0.15) is 0 Å². The van der Waals surface area contributed by atoms with E-state index in [-0.39, 0.29) is 5.91 Å². The van der Waals surface area contributed by atoms with Gasteiger partial charge in [-0.15, -0.1) is 0 Å². The molecule has 1 saturated carbocycles. The van der Waals surface area contributed by atoms with Crippen molar-refractivity contribution in [2.75, 3.05) is 17.7 Å². The molecule has 0 unspecified atom stereocenters. The molecule has 0 spiro atoms. The third-order valence-corrected chi connectivity index (χ3v) is 4.87. The lowest BCUT2D eigenvalue weighted by molar-refractivity contribution is 0.102. The topological polar surface area (TPSA) is 63.2 Å². The minimum absolute atomic E-state index is 0.299. The number of methoxy groups -OCH3 is 1. The Morgan fingerprint density at radius 1 is 1.15 bits per heavy atom. The third-order valence-electron chi connectivity index (χ3n) is 4.63. The minimum Gasteiger partial charge on any atom is -0.495 e. The highest BCUT2D eigenvalue weighted by molar-refractivity contribution is 6.31. The molecule has 3 rings (SSSR count). The first-order chi connectivity index (χ1) is 12.7. The molecule has 0 bridgehead atoms. The summed E-state index contributed by atoms with van der Waals surface area (Å²) in [6, 6.07) is 9.20. The molecule has 2 aromatic rings. The molecule has 1 aromatic carbocycles. The van der Waals surface area contributed by atoms with E-state index >= 15 is 0 Å². The van der Waals surface area contributed by atoms with Crippen molar-refractivity contribution in [2.24, 2.45) is 0 Å². The number of aromatic nitrogens is 1. The van der Waals surface area contributed by atoms with E-state index in [0.717, 1.165) is 5.69 Å². The lowest BCUT2D eigenvalue weighted by atomic mass is 10.1. The van der Waals surface area contributed by atoms with Crippen molar-refractivity contribution in [1.82, 2.24) is 4.98 Å². The van der Waals surface area contributed by atoms with Crippen LogP contribution in [0.3, 0.4) is 0 Å². The third kappa shape index (κ3) is 4.88. The van der Waals surface area contributed by atoms with Gasteiger partial charge in [-0.3, -0.25) is 4.79 Å². The van der Waals surface area contributed by atoms with Crippen LogP contribution in [0.1, 0.15) is 49.0 Å². The van der Waals surface area contributed by atoms with Gasteiger partial charge in [0.15, 0.2) is 0 Å². The molecule has 1 aliphatic carbocycles. The van der Waals surface area contributed by atoms with Crippen LogP contribution in [0.5, 0.6) is 5.75 Å². The Morgan fingerprint density at radius 3 is 2.58 bits per heavy atom. The standard InChI is InChI=1S/C20H24ClN3O2/c1-26-19-11-8-14(21)12-18(19)24-20(25)17-10-9-16(13-22-17)23-15-6-4-2-3-5-7-15/h8-13,15,23H,2-7H2,1H3,(H,24,25). The number of anilines is 2. The lowest BCUT2D eigenvalue weighted by Crippen LogP contribution is -2.19. The Labute approximate surface area is 159 Å². The van der Waals surface area contributed by atoms with E-state index < -0.39 is 0 Å². The van der Waals surface area contributed by atoms with Crippen molar-refractivity contribution < 1.29 is 9.53 Å². The summed E-state index contributed by atoms with van der Waals surface area (Å²) >= 11 is 6.00. The molecular weight excluding hydrogens is 350 g/mol. The van der Waals surface area contributed by atoms with Crippen LogP contribution in [0, 0.1) is 0 Å². The first-order valence-electron chi connectivity index (χ1n) is 9.03. The van der Waals surface area contributed by atoms with Crippen LogP contribution in [-0.2, 0) is 0 Å². The molecule has 1 fully saturated rings. The van der Waals surface area contributed by atoms with Gasteiger partial charge in [0.2, 0.25) is 0 Å². The van der Waals surface area contributed by atoms with Gasteiger partial charge in [0.25, 0.3) is 5.91 Å². The quantitative estimate of drug-likeness (QED) is 0.713. The van der Waals surface area contributed by atoms with E-state index in [0.29, 0.717) is 28.2 Å². The van der Waals surface area contributed by atoms with Gasteiger partial charge in [0.05, 0.1) is 24.7 Å². The van der Waals surface area contributed by atoms with Gasteiger partial charge in [-0.1, -0.05) is 37.3 Å². The molecule has 26 heavy (non-hydrogen) atoms. The number of carbonyl (C=O) groups excluding carboxylic acids is 1. The molecule has 1 aliphatic rings. The molecule has 0 saturated heterocycles. The predicted molar refractivity (Wildman–Crippen MR) is 105 cm³/mol. The summed E-state index contributed by atoms with van der Waals surface area (Å²) in [6.07, 6.45) is 9.29. The number of amides is 1. The fraction of sp³-hybridized carbons (Fsp3) is 0.400. The summed E-state index contributed by atoms with van der Waals surface area (Å²) in [5.41, 5.74) is 1.82. The minimum atomic E-state index is -0.299. The Bertz CT molecular complexity index is 741. The van der Waals surface area contributed by atoms with Crippen LogP contribution in [0.25, 0.3) is 0 Å². The van der Waals surface area contributed by atoms with E-state index in [9.17, 15) is 4.79 Å². The summed E-state index contributed by atoms with van der Waals surface area (Å²) in [5, 5.41) is 6.85. The van der Waals surface area contributed by atoms with Crippen molar-refractivity contribution in [1.29, 1.82) is 0 Å². The largest absolute Gasteiger partial charge is 0.495 e. The van der Waals surface area contributed by atoms with E-state index in [1.54, 1.807) is 37.6 Å². The molecule has 1 amide bonds. The monoisotopic (exact) mass is 373 g/mol. The summed E-state index contributed by atoms with van der Waals surface area (Å²) in [4.78, 5) is 16.7. The molecule has 0 aliphatic heterocycles. The average molecular weight is 374 g/mol. The molecule has 138 valence electrons. The fourth-order valence-corrected chi connectivity index (χ4v) is 3.41. The molecule has 1 heterocycles. The zero-order valence-electron chi connectivity index (χ0n) is 14.9. The molecule has 1 aromatic heterocycles. The maximum atomic E-state index is 12.4. The number of nitrogens with one attached hydrogen (secondary N) is 2. The van der Waals surface area contributed by atoms with Crippen molar-refractivity contribution in [2.45, 2.75) is 44.6 Å². The van der Waals surface area contributed by atoms with Gasteiger partial charge in [0, 0.05) is 11.1 Å². The number of carbonyl (C=O) groups is 1. The van der Waals surface area contributed by atoms with Crippen LogP contribution in [0.15, 0.2) is 36.5 Å². The Morgan fingerprint density at radius 2 is 1.92 bits per heavy atom. The molecule has 6 heteroatoms. The molecular formula is C20H24ClN3O2. The van der Waals surface area contributed by atoms with Gasteiger partial charge in [-0.05, 0) is 43.2 Å². The maximum absolute atomic E-state index is 12.4. The molecule has 0 atom stereocenters. The number of halogens is 1. The summed E-state index contributed by atoms with van der Waals surface area (Å²) in [7, 11) is 1.55. The van der Waals surface area contributed by atoms with Crippen molar-refractivity contribution in [3.8, 4) is 5.75 Å². The SMILES string of the molecule is COc1ccc(Cl)cc1NC(=O)c1ccc(NC2CCCCCC2)cn1. The summed E-state index contributed by atoms with van der Waals surface area (Å²) in [6.45, 7) is 0. The highest BCUT2D eigenvalue weighted by Crippen LogP contribution is 2.28. The Hall–Kier alpha value is -2.27. The summed E-state index contributed by atoms with van der Waals surface area (Å²) < 4.78 is 5.25. The smallest absolute Gasteiger partial charge is 0.274 e. The maximum Gasteiger partial charge on any atom is 0.274 e. The number of ether oxygens (including phenoxy) is 1. The first-order valence-corrected chi connectivity index (χ1v) is 9.41. The summed E-state index contributed by atoms with van der Waals surface area (Å²) in [5.74, 6) is 0.251. The highest BCUT2D eigenvalue weighted by atomic mass is 35.5. The number of hydrogen-bond donors (Lipinski definition) is 2. The highest BCUT2D eigenvalue weighted by Gasteiger charge is 2.14. The number of rotatable bonds is 5. The van der Waals surface area contributed by atoms with Crippen LogP contribution in [-0.4, -0.2) is 24.0 Å². The van der Waals surface area contributed by atoms with Crippen molar-refractivity contribution in [3.05, 3.63) is 47.2 Å². The van der Waals surface area contributed by atoms with E-state index in [1.807, 2.05) is 6.07 Å². The Balaban J connectivity index is 1.64. The van der Waals surface area contributed by atoms with Gasteiger partial charge in [0.1, 0.15) is 11.4 Å². The zero-order chi connectivity index (χ0) is 18.4. The second kappa shape index (κ2) is 8.90. The van der Waals surface area contributed by atoms with Crippen LogP contribution < -0.4 is 15.4 Å². The zero-order valence-corrected chi connectivity index (χ0v) is 15.7. The predicted octanol–water partition coefficient (Wildman–Crippen LogP) is 5.13. The normalized spacial score (nSPS) is 15.2. The van der Waals surface area contributed by atoms with E-state index in [4.69, 9.17) is 16.3 Å². The van der Waals surface area contributed by atoms with Crippen LogP contribution in [0.2, 0.25) is 5.02 Å². The molecule has 5 nitrogen and oxygen atoms in total. The van der Waals surface area contributed by atoms with Gasteiger partial charge >= 0.3 is 0 Å². The second-order valence-corrected chi connectivity index (χ2v) is 7.00. The van der Waals surface area contributed by atoms with E-state index in [1.165, 1.54) is 38.5 Å². The van der Waals surface area contributed by atoms with Crippen LogP contribution in [0.4, 0.5) is 11.4 Å². The van der Waals surface area contributed by atoms with Gasteiger partial charge < -0.3 is 15.4 Å². The molecule has 0 radical (unpaired) electrons. The number of benzene rings is 1. The number of pyridine rings is 1. The number of nitrogens with zero attached hydrogens (tertiary/aromatic N) is 1. The fourth-order valence-electron chi connectivity index (χ4n) is 3.24. The van der Waals surface area contributed by atoms with Crippen LogP contribution >= 0.6 is 11.6 Å². The molecule has 2 N–H and O–H groups in total. The Kier molecular flexibility index (Phi) is 6.34. The average Bonchev–Trinajstić information content (AvgIpc) is 2.91. The second-order valence-electron chi connectivity index (χ2n) is 6.56.